The minimum absolute atomic E-state index is 0.0572. The van der Waals surface area contributed by atoms with Crippen molar-refractivity contribution in [3.63, 3.8) is 0 Å². The van der Waals surface area contributed by atoms with Crippen molar-refractivity contribution in [2.24, 2.45) is 5.92 Å². The third kappa shape index (κ3) is 4.79. The smallest absolute Gasteiger partial charge is 0.349 e. The molecule has 0 atom stereocenters. The minimum Gasteiger partial charge on any atom is -0.349 e. The number of alkyl halides is 3. The zero-order valence-electron chi connectivity index (χ0n) is 17.0. The maximum atomic E-state index is 12.9. The number of amides is 1. The predicted molar refractivity (Wildman–Crippen MR) is 104 cm³/mol. The van der Waals surface area contributed by atoms with E-state index in [9.17, 15) is 18.0 Å². The van der Waals surface area contributed by atoms with Gasteiger partial charge in [-0.15, -0.1) is 0 Å². The van der Waals surface area contributed by atoms with E-state index in [0.29, 0.717) is 11.3 Å². The summed E-state index contributed by atoms with van der Waals surface area (Å²) in [6, 6.07) is 2.40. The Morgan fingerprint density at radius 3 is 2.41 bits per heavy atom. The van der Waals surface area contributed by atoms with E-state index in [0.717, 1.165) is 43.9 Å². The average Bonchev–Trinajstić information content (AvgIpc) is 3.13. The highest BCUT2D eigenvalue weighted by Crippen LogP contribution is 2.30. The van der Waals surface area contributed by atoms with Crippen molar-refractivity contribution in [2.75, 3.05) is 0 Å². The Kier molecular flexibility index (Phi) is 6.29. The quantitative estimate of drug-likeness (QED) is 0.748. The average molecular weight is 408 g/mol. The van der Waals surface area contributed by atoms with Crippen molar-refractivity contribution >= 4 is 5.91 Å². The number of nitrogens with one attached hydrogen (secondary N) is 1. The van der Waals surface area contributed by atoms with Crippen LogP contribution in [0.25, 0.3) is 5.82 Å². The first kappa shape index (κ1) is 21.3. The molecule has 0 saturated heterocycles. The molecule has 2 aromatic rings. The number of carbonyl (C=O) groups excluding carboxylic acids is 1. The number of rotatable bonds is 5. The number of hydrogen-bond donors (Lipinski definition) is 1. The Balaban J connectivity index is 1.81. The van der Waals surface area contributed by atoms with Crippen LogP contribution < -0.4 is 5.32 Å². The summed E-state index contributed by atoms with van der Waals surface area (Å²) in [4.78, 5) is 16.8. The first-order chi connectivity index (χ1) is 13.7. The fourth-order valence-electron chi connectivity index (χ4n) is 3.93. The Labute approximate surface area is 168 Å². The van der Waals surface area contributed by atoms with Crippen molar-refractivity contribution in [3.8, 4) is 5.82 Å². The maximum absolute atomic E-state index is 12.9. The highest BCUT2D eigenvalue weighted by Gasteiger charge is 2.31. The molecule has 0 unspecified atom stereocenters. The molecule has 1 saturated carbocycles. The molecular formula is C21H27F3N4O. The monoisotopic (exact) mass is 408 g/mol. The van der Waals surface area contributed by atoms with Crippen LogP contribution in [0.5, 0.6) is 0 Å². The zero-order valence-corrected chi connectivity index (χ0v) is 17.0. The molecule has 2 aromatic heterocycles. The molecule has 0 radical (unpaired) electrons. The highest BCUT2D eigenvalue weighted by molar-refractivity contribution is 5.95. The van der Waals surface area contributed by atoms with Gasteiger partial charge in [-0.2, -0.15) is 18.3 Å². The fraction of sp³-hybridized carbons (Fsp3) is 0.571. The lowest BCUT2D eigenvalue weighted by Gasteiger charge is -2.28. The molecule has 158 valence electrons. The molecule has 1 aliphatic carbocycles. The van der Waals surface area contributed by atoms with Gasteiger partial charge in [-0.25, -0.2) is 9.67 Å². The SMILES string of the molecule is CCC1CCC(NC(=O)c2cnn(-c3ccc(C(F)(F)F)cn3)c2C(C)C)CC1. The van der Waals surface area contributed by atoms with Gasteiger partial charge in [-0.3, -0.25) is 4.79 Å². The molecule has 5 nitrogen and oxygen atoms in total. The molecule has 0 spiro atoms. The summed E-state index contributed by atoms with van der Waals surface area (Å²) in [7, 11) is 0. The second-order valence-electron chi connectivity index (χ2n) is 8.01. The standard InChI is InChI=1S/C21H27F3N4O/c1-4-14-5-8-16(9-6-14)27-20(29)17-12-26-28(19(17)13(2)3)18-10-7-15(11-25-18)21(22,23)24/h7,10-14,16H,4-6,8-9H2,1-3H3,(H,27,29). The number of carbonyl (C=O) groups is 1. The molecule has 0 aliphatic heterocycles. The van der Waals surface area contributed by atoms with E-state index < -0.39 is 11.7 Å². The Hall–Kier alpha value is -2.38. The van der Waals surface area contributed by atoms with E-state index in [1.54, 1.807) is 0 Å². The number of aromatic nitrogens is 3. The predicted octanol–water partition coefficient (Wildman–Crippen LogP) is 5.11. The van der Waals surface area contributed by atoms with Crippen molar-refractivity contribution in [1.29, 1.82) is 0 Å². The second kappa shape index (κ2) is 8.55. The normalized spacial score (nSPS) is 20.1. The summed E-state index contributed by atoms with van der Waals surface area (Å²) < 4.78 is 39.8. The Morgan fingerprint density at radius 1 is 1.21 bits per heavy atom. The molecule has 1 amide bonds. The largest absolute Gasteiger partial charge is 0.417 e. The summed E-state index contributed by atoms with van der Waals surface area (Å²) in [6.45, 7) is 6.03. The van der Waals surface area contributed by atoms with Gasteiger partial charge in [0.15, 0.2) is 5.82 Å². The fourth-order valence-corrected chi connectivity index (χ4v) is 3.93. The van der Waals surface area contributed by atoms with E-state index in [-0.39, 0.29) is 23.7 Å². The van der Waals surface area contributed by atoms with Crippen LogP contribution in [0.2, 0.25) is 0 Å². The van der Waals surface area contributed by atoms with Gasteiger partial charge in [0, 0.05) is 12.2 Å². The third-order valence-electron chi connectivity index (χ3n) is 5.65. The van der Waals surface area contributed by atoms with E-state index >= 15 is 0 Å². The van der Waals surface area contributed by atoms with Gasteiger partial charge in [-0.1, -0.05) is 27.2 Å². The second-order valence-corrected chi connectivity index (χ2v) is 8.01. The van der Waals surface area contributed by atoms with Crippen molar-refractivity contribution in [2.45, 2.75) is 71.0 Å². The van der Waals surface area contributed by atoms with Crippen LogP contribution in [0.15, 0.2) is 24.5 Å². The molecule has 2 heterocycles. The number of pyridine rings is 1. The molecule has 0 bridgehead atoms. The molecule has 1 N–H and O–H groups in total. The summed E-state index contributed by atoms with van der Waals surface area (Å²) in [5.74, 6) is 0.747. The van der Waals surface area contributed by atoms with Crippen LogP contribution in [-0.4, -0.2) is 26.7 Å². The van der Waals surface area contributed by atoms with Gasteiger partial charge < -0.3 is 5.32 Å². The van der Waals surface area contributed by atoms with Gasteiger partial charge in [-0.05, 0) is 49.7 Å². The lowest BCUT2D eigenvalue weighted by molar-refractivity contribution is -0.137. The molecule has 1 fully saturated rings. The van der Waals surface area contributed by atoms with Gasteiger partial charge >= 0.3 is 6.18 Å². The molecular weight excluding hydrogens is 381 g/mol. The number of halogens is 3. The summed E-state index contributed by atoms with van der Waals surface area (Å²) in [5, 5.41) is 7.36. The maximum Gasteiger partial charge on any atom is 0.417 e. The highest BCUT2D eigenvalue weighted by atomic mass is 19.4. The van der Waals surface area contributed by atoms with E-state index in [4.69, 9.17) is 0 Å². The zero-order chi connectivity index (χ0) is 21.2. The summed E-state index contributed by atoms with van der Waals surface area (Å²) in [6.07, 6.45) is 3.16. The van der Waals surface area contributed by atoms with Crippen molar-refractivity contribution < 1.29 is 18.0 Å². The Morgan fingerprint density at radius 2 is 1.90 bits per heavy atom. The molecule has 3 rings (SSSR count). The Bertz CT molecular complexity index is 835. The molecule has 8 heteroatoms. The molecule has 0 aromatic carbocycles. The minimum atomic E-state index is -4.45. The molecule has 29 heavy (non-hydrogen) atoms. The van der Waals surface area contributed by atoms with Crippen molar-refractivity contribution in [1.82, 2.24) is 20.1 Å². The lowest BCUT2D eigenvalue weighted by atomic mass is 9.84. The van der Waals surface area contributed by atoms with E-state index in [1.165, 1.54) is 23.4 Å². The van der Waals surface area contributed by atoms with Crippen LogP contribution in [0, 0.1) is 5.92 Å². The van der Waals surface area contributed by atoms with Crippen LogP contribution in [0.3, 0.4) is 0 Å². The number of hydrogen-bond acceptors (Lipinski definition) is 3. The van der Waals surface area contributed by atoms with Gasteiger partial charge in [0.1, 0.15) is 0 Å². The molecule has 1 aliphatic rings. The van der Waals surface area contributed by atoms with Crippen LogP contribution >= 0.6 is 0 Å². The van der Waals surface area contributed by atoms with Gasteiger partial charge in [0.2, 0.25) is 0 Å². The topological polar surface area (TPSA) is 59.8 Å². The summed E-state index contributed by atoms with van der Waals surface area (Å²) in [5.41, 5.74) is 0.261. The van der Waals surface area contributed by atoms with Gasteiger partial charge in [0.05, 0.1) is 23.0 Å². The summed E-state index contributed by atoms with van der Waals surface area (Å²) >= 11 is 0. The van der Waals surface area contributed by atoms with Gasteiger partial charge in [0.25, 0.3) is 5.91 Å². The van der Waals surface area contributed by atoms with Crippen LogP contribution in [-0.2, 0) is 6.18 Å². The van der Waals surface area contributed by atoms with Crippen molar-refractivity contribution in [3.05, 3.63) is 41.3 Å². The van der Waals surface area contributed by atoms with Crippen LogP contribution in [0.1, 0.15) is 80.4 Å². The van der Waals surface area contributed by atoms with E-state index in [2.05, 4.69) is 22.3 Å². The van der Waals surface area contributed by atoms with E-state index in [1.807, 2.05) is 13.8 Å². The number of nitrogens with zero attached hydrogens (tertiary/aromatic N) is 3. The van der Waals surface area contributed by atoms with Crippen LogP contribution in [0.4, 0.5) is 13.2 Å². The lowest BCUT2D eigenvalue weighted by Crippen LogP contribution is -2.38. The first-order valence-electron chi connectivity index (χ1n) is 10.1. The third-order valence-corrected chi connectivity index (χ3v) is 5.65. The first-order valence-corrected chi connectivity index (χ1v) is 10.1.